The van der Waals surface area contributed by atoms with E-state index in [1.165, 1.54) is 19.3 Å². The molecular weight excluding hydrogens is 515 g/mol. The minimum Gasteiger partial charge on any atom is -0.463 e. The molecule has 0 amide bonds. The molecule has 0 bridgehead atoms. The van der Waals surface area contributed by atoms with Crippen molar-refractivity contribution in [2.24, 2.45) is 5.10 Å². The summed E-state index contributed by atoms with van der Waals surface area (Å²) in [5.41, 5.74) is 2.55. The number of nitrogens with zero attached hydrogens (tertiary/aromatic N) is 5. The smallest absolute Gasteiger partial charge is 0.220 e. The minimum atomic E-state index is 0.497. The summed E-state index contributed by atoms with van der Waals surface area (Å²) in [5, 5.41) is 14.0. The van der Waals surface area contributed by atoms with E-state index >= 15 is 0 Å². The quantitative estimate of drug-likeness (QED) is 0.193. The van der Waals surface area contributed by atoms with Gasteiger partial charge in [0.05, 0.1) is 34.9 Å². The van der Waals surface area contributed by atoms with Gasteiger partial charge in [0.25, 0.3) is 0 Å². The molecule has 186 valence electrons. The van der Waals surface area contributed by atoms with Crippen molar-refractivity contribution in [2.75, 3.05) is 18.4 Å². The number of hydrogen-bond acceptors (Lipinski definition) is 6. The number of hydrogen-bond donors (Lipinski definition) is 1. The van der Waals surface area contributed by atoms with Crippen molar-refractivity contribution in [2.45, 2.75) is 32.4 Å². The van der Waals surface area contributed by atoms with Crippen molar-refractivity contribution in [1.29, 1.82) is 0 Å². The summed E-state index contributed by atoms with van der Waals surface area (Å²) in [6.07, 6.45) is 7.43. The Bertz CT molecular complexity index is 1390. The van der Waals surface area contributed by atoms with Crippen LogP contribution in [-0.2, 0) is 13.1 Å². The molecule has 0 radical (unpaired) electrons. The molecule has 2 aromatic carbocycles. The average molecular weight is 542 g/mol. The molecule has 1 aliphatic heterocycles. The highest BCUT2D eigenvalue weighted by Crippen LogP contribution is 2.34. The van der Waals surface area contributed by atoms with Crippen molar-refractivity contribution >= 4 is 53.0 Å². The third-order valence-electron chi connectivity index (χ3n) is 6.10. The van der Waals surface area contributed by atoms with E-state index in [-0.39, 0.29) is 0 Å². The molecule has 4 aromatic rings. The zero-order valence-corrected chi connectivity index (χ0v) is 21.9. The van der Waals surface area contributed by atoms with Crippen LogP contribution in [0.4, 0.5) is 11.4 Å². The predicted octanol–water partition coefficient (Wildman–Crippen LogP) is 6.97. The molecule has 3 heterocycles. The van der Waals surface area contributed by atoms with Gasteiger partial charge in [0.2, 0.25) is 4.77 Å². The summed E-state index contributed by atoms with van der Waals surface area (Å²) < 4.78 is 9.53. The second-order valence-electron chi connectivity index (χ2n) is 8.65. The number of benzene rings is 2. The maximum atomic E-state index is 6.41. The molecule has 1 aliphatic rings. The normalized spacial score (nSPS) is 14.5. The van der Waals surface area contributed by atoms with Crippen LogP contribution in [0, 0.1) is 4.77 Å². The number of nitrogens with one attached hydrogen (secondary N) is 1. The number of likely N-dealkylation sites (tertiary alicyclic amines) is 1. The molecule has 1 N–H and O–H groups in total. The van der Waals surface area contributed by atoms with Gasteiger partial charge >= 0.3 is 0 Å². The average Bonchev–Trinajstić information content (AvgIpc) is 3.50. The van der Waals surface area contributed by atoms with Crippen LogP contribution in [0.1, 0.15) is 36.4 Å². The molecule has 0 aliphatic carbocycles. The SMILES string of the molecule is S=c1n(CN2CCCCC2)nc(Cc2ccccc2Nc2c(Cl)cccc2Cl)n1/N=C/c1ccco1. The lowest BCUT2D eigenvalue weighted by molar-refractivity contribution is 0.172. The summed E-state index contributed by atoms with van der Waals surface area (Å²) >= 11 is 18.6. The first-order chi connectivity index (χ1) is 17.6. The zero-order valence-electron chi connectivity index (χ0n) is 19.6. The van der Waals surface area contributed by atoms with Crippen LogP contribution < -0.4 is 5.32 Å². The van der Waals surface area contributed by atoms with Gasteiger partial charge in [-0.25, -0.2) is 4.68 Å². The summed E-state index contributed by atoms with van der Waals surface area (Å²) in [6, 6.07) is 17.1. The van der Waals surface area contributed by atoms with Crippen molar-refractivity contribution in [3.63, 3.8) is 0 Å². The first-order valence-corrected chi connectivity index (χ1v) is 13.0. The van der Waals surface area contributed by atoms with Crippen LogP contribution in [-0.4, -0.2) is 38.7 Å². The van der Waals surface area contributed by atoms with Crippen molar-refractivity contribution in [3.8, 4) is 0 Å². The Kier molecular flexibility index (Phi) is 7.87. The maximum absolute atomic E-state index is 6.41. The molecule has 5 rings (SSSR count). The number of anilines is 2. The fraction of sp³-hybridized carbons (Fsp3) is 0.269. The van der Waals surface area contributed by atoms with E-state index in [0.29, 0.717) is 39.4 Å². The molecule has 10 heteroatoms. The minimum absolute atomic E-state index is 0.497. The first-order valence-electron chi connectivity index (χ1n) is 11.9. The second-order valence-corrected chi connectivity index (χ2v) is 9.83. The first kappa shape index (κ1) is 24.8. The van der Waals surface area contributed by atoms with Crippen molar-refractivity contribution in [1.82, 2.24) is 19.4 Å². The van der Waals surface area contributed by atoms with E-state index in [0.717, 1.165) is 30.2 Å². The maximum Gasteiger partial charge on any atom is 0.220 e. The van der Waals surface area contributed by atoms with Crippen LogP contribution in [0.5, 0.6) is 0 Å². The third-order valence-corrected chi connectivity index (χ3v) is 7.11. The van der Waals surface area contributed by atoms with Crippen LogP contribution in [0.25, 0.3) is 0 Å². The molecule has 36 heavy (non-hydrogen) atoms. The summed E-state index contributed by atoms with van der Waals surface area (Å²) in [7, 11) is 0. The van der Waals surface area contributed by atoms with Gasteiger partial charge in [-0.1, -0.05) is 53.9 Å². The van der Waals surface area contributed by atoms with Gasteiger partial charge in [-0.05, 0) is 74.0 Å². The molecular formula is C26H26Cl2N6OS. The second kappa shape index (κ2) is 11.4. The Morgan fingerprint density at radius 1 is 1.00 bits per heavy atom. The van der Waals surface area contributed by atoms with Gasteiger partial charge in [0.1, 0.15) is 5.76 Å². The van der Waals surface area contributed by atoms with Gasteiger partial charge in [-0.3, -0.25) is 4.90 Å². The van der Waals surface area contributed by atoms with E-state index in [4.69, 9.17) is 44.9 Å². The standard InChI is InChI=1S/C26H26Cl2N6OS/c27-21-10-6-11-22(28)25(21)30-23-12-3-2-8-19(23)16-24-31-33(18-32-13-4-1-5-14-32)26(36)34(24)29-17-20-9-7-15-35-20/h2-3,6-12,15,17,30H,1,4-5,13-14,16,18H2/b29-17+. The largest absolute Gasteiger partial charge is 0.463 e. The van der Waals surface area contributed by atoms with Crippen molar-refractivity contribution in [3.05, 3.63) is 92.8 Å². The fourth-order valence-electron chi connectivity index (χ4n) is 4.25. The van der Waals surface area contributed by atoms with Crippen LogP contribution in [0.3, 0.4) is 0 Å². The molecule has 2 aromatic heterocycles. The monoisotopic (exact) mass is 540 g/mol. The lowest BCUT2D eigenvalue weighted by atomic mass is 10.1. The molecule has 7 nitrogen and oxygen atoms in total. The van der Waals surface area contributed by atoms with E-state index < -0.39 is 0 Å². The lowest BCUT2D eigenvalue weighted by Gasteiger charge is -2.25. The Morgan fingerprint density at radius 3 is 2.53 bits per heavy atom. The Morgan fingerprint density at radius 2 is 1.78 bits per heavy atom. The van der Waals surface area contributed by atoms with Crippen LogP contribution in [0.15, 0.2) is 70.4 Å². The molecule has 0 unspecified atom stereocenters. The van der Waals surface area contributed by atoms with E-state index in [1.54, 1.807) is 29.3 Å². The van der Waals surface area contributed by atoms with Crippen molar-refractivity contribution < 1.29 is 4.42 Å². The van der Waals surface area contributed by atoms with Crippen LogP contribution >= 0.6 is 35.4 Å². The summed E-state index contributed by atoms with van der Waals surface area (Å²) in [6.45, 7) is 2.74. The highest BCUT2D eigenvalue weighted by molar-refractivity contribution is 7.71. The van der Waals surface area contributed by atoms with Gasteiger partial charge < -0.3 is 9.73 Å². The topological polar surface area (TPSA) is 63.5 Å². The number of furan rings is 1. The van der Waals surface area contributed by atoms with Gasteiger partial charge in [0.15, 0.2) is 5.82 Å². The number of para-hydroxylation sites is 2. The van der Waals surface area contributed by atoms with Gasteiger partial charge in [-0.15, -0.1) is 0 Å². The van der Waals surface area contributed by atoms with E-state index in [2.05, 4.69) is 15.3 Å². The van der Waals surface area contributed by atoms with Gasteiger partial charge in [-0.2, -0.15) is 14.9 Å². The highest BCUT2D eigenvalue weighted by atomic mass is 35.5. The molecule has 0 atom stereocenters. The molecule has 1 fully saturated rings. The fourth-order valence-corrected chi connectivity index (χ4v) is 4.99. The Balaban J connectivity index is 1.48. The number of piperidine rings is 1. The number of rotatable bonds is 8. The van der Waals surface area contributed by atoms with Gasteiger partial charge in [0, 0.05) is 12.1 Å². The van der Waals surface area contributed by atoms with E-state index in [9.17, 15) is 0 Å². The number of halogens is 2. The molecule has 0 spiro atoms. The zero-order chi connectivity index (χ0) is 24.9. The highest BCUT2D eigenvalue weighted by Gasteiger charge is 2.17. The summed E-state index contributed by atoms with van der Waals surface area (Å²) in [5.74, 6) is 1.36. The molecule has 1 saturated heterocycles. The Labute approximate surface area is 224 Å². The number of aromatic nitrogens is 3. The molecule has 0 saturated carbocycles. The predicted molar refractivity (Wildman–Crippen MR) is 147 cm³/mol. The lowest BCUT2D eigenvalue weighted by Crippen LogP contribution is -2.32. The van der Waals surface area contributed by atoms with E-state index in [1.807, 2.05) is 47.1 Å². The third kappa shape index (κ3) is 5.73. The van der Waals surface area contributed by atoms with Crippen LogP contribution in [0.2, 0.25) is 10.0 Å². The Hall–Kier alpha value is -2.91. The summed E-state index contributed by atoms with van der Waals surface area (Å²) in [4.78, 5) is 2.38.